The van der Waals surface area contributed by atoms with Crippen molar-refractivity contribution in [1.29, 1.82) is 0 Å². The predicted octanol–water partition coefficient (Wildman–Crippen LogP) is 3.74. The number of phenolic OH excluding ortho intramolecular Hbond substituents is 1. The number of carboxylic acid groups (broad SMARTS) is 1. The van der Waals surface area contributed by atoms with Crippen LogP contribution in [0.2, 0.25) is 0 Å². The van der Waals surface area contributed by atoms with Gasteiger partial charge in [0.1, 0.15) is 17.2 Å². The molecule has 3 aromatic rings. The van der Waals surface area contributed by atoms with Gasteiger partial charge in [-0.2, -0.15) is 0 Å². The van der Waals surface area contributed by atoms with Crippen molar-refractivity contribution in [3.63, 3.8) is 0 Å². The number of phenols is 1. The fourth-order valence-electron chi connectivity index (χ4n) is 2.65. The van der Waals surface area contributed by atoms with Gasteiger partial charge in [0.05, 0.1) is 12.0 Å². The number of hydrogen-bond acceptors (Lipinski definition) is 4. The number of aromatic carboxylic acids is 1. The summed E-state index contributed by atoms with van der Waals surface area (Å²) in [5.74, 6) is 0.159. The Balaban J connectivity index is 1.54. The zero-order valence-electron chi connectivity index (χ0n) is 15.0. The molecule has 3 N–H and O–H groups in total. The highest BCUT2D eigenvalue weighted by Crippen LogP contribution is 2.23. The molecule has 0 heterocycles. The van der Waals surface area contributed by atoms with Gasteiger partial charge in [-0.1, -0.05) is 30.3 Å². The Morgan fingerprint density at radius 3 is 2.11 bits per heavy atom. The minimum absolute atomic E-state index is 0.156. The van der Waals surface area contributed by atoms with E-state index in [4.69, 9.17) is 4.74 Å². The first-order valence-electron chi connectivity index (χ1n) is 8.65. The van der Waals surface area contributed by atoms with E-state index >= 15 is 0 Å². The van der Waals surface area contributed by atoms with Gasteiger partial charge < -0.3 is 20.3 Å². The number of rotatable bonds is 7. The van der Waals surface area contributed by atoms with E-state index < -0.39 is 5.97 Å². The average molecular weight is 377 g/mol. The highest BCUT2D eigenvalue weighted by molar-refractivity contribution is 5.89. The monoisotopic (exact) mass is 377 g/mol. The largest absolute Gasteiger partial charge is 0.508 e. The van der Waals surface area contributed by atoms with E-state index in [9.17, 15) is 19.8 Å². The predicted molar refractivity (Wildman–Crippen MR) is 104 cm³/mol. The molecule has 0 fully saturated rings. The van der Waals surface area contributed by atoms with Gasteiger partial charge in [-0.15, -0.1) is 0 Å². The lowest BCUT2D eigenvalue weighted by molar-refractivity contribution is -0.120. The Bertz CT molecular complexity index is 965. The first-order valence-corrected chi connectivity index (χ1v) is 8.65. The summed E-state index contributed by atoms with van der Waals surface area (Å²) in [4.78, 5) is 23.4. The molecule has 0 bridgehead atoms. The zero-order chi connectivity index (χ0) is 19.9. The SMILES string of the molecule is O=C(Cc1ccc(Oc2ccc(O)cc2)cc1)NCc1ccccc1C(=O)O. The summed E-state index contributed by atoms with van der Waals surface area (Å²) in [6, 6.07) is 20.1. The summed E-state index contributed by atoms with van der Waals surface area (Å²) in [5, 5.41) is 21.2. The van der Waals surface area contributed by atoms with Gasteiger partial charge in [0, 0.05) is 6.54 Å². The second-order valence-corrected chi connectivity index (χ2v) is 6.16. The van der Waals surface area contributed by atoms with Gasteiger partial charge in [-0.3, -0.25) is 4.79 Å². The number of aromatic hydroxyl groups is 1. The lowest BCUT2D eigenvalue weighted by Gasteiger charge is -2.09. The number of carbonyl (C=O) groups excluding carboxylic acids is 1. The number of benzene rings is 3. The normalized spacial score (nSPS) is 10.3. The highest BCUT2D eigenvalue weighted by Gasteiger charge is 2.10. The van der Waals surface area contributed by atoms with Crippen LogP contribution in [0, 0.1) is 0 Å². The van der Waals surface area contributed by atoms with Crippen molar-refractivity contribution < 1.29 is 24.5 Å². The maximum absolute atomic E-state index is 12.2. The van der Waals surface area contributed by atoms with Crippen LogP contribution in [-0.2, 0) is 17.8 Å². The zero-order valence-corrected chi connectivity index (χ0v) is 15.0. The number of ether oxygens (including phenoxy) is 1. The molecule has 0 aliphatic carbocycles. The summed E-state index contributed by atoms with van der Waals surface area (Å²) in [6.45, 7) is 0.156. The van der Waals surface area contributed by atoms with E-state index in [1.54, 1.807) is 54.6 Å². The minimum atomic E-state index is -1.02. The van der Waals surface area contributed by atoms with Gasteiger partial charge >= 0.3 is 5.97 Å². The van der Waals surface area contributed by atoms with E-state index in [-0.39, 0.29) is 30.2 Å². The molecule has 0 saturated carbocycles. The Morgan fingerprint density at radius 2 is 1.46 bits per heavy atom. The summed E-state index contributed by atoms with van der Waals surface area (Å²) in [7, 11) is 0. The van der Waals surface area contributed by atoms with Crippen molar-refractivity contribution in [2.24, 2.45) is 0 Å². The fraction of sp³-hybridized carbons (Fsp3) is 0.0909. The molecule has 0 saturated heterocycles. The van der Waals surface area contributed by atoms with Gasteiger partial charge in [-0.25, -0.2) is 4.79 Å². The lowest BCUT2D eigenvalue weighted by atomic mass is 10.1. The van der Waals surface area contributed by atoms with Crippen LogP contribution in [0.3, 0.4) is 0 Å². The van der Waals surface area contributed by atoms with Crippen LogP contribution in [0.5, 0.6) is 17.2 Å². The second kappa shape index (κ2) is 8.73. The summed E-state index contributed by atoms with van der Waals surface area (Å²) >= 11 is 0. The van der Waals surface area contributed by atoms with Crippen LogP contribution in [0.4, 0.5) is 0 Å². The Hall–Kier alpha value is -3.80. The van der Waals surface area contributed by atoms with Gasteiger partial charge in [0.25, 0.3) is 0 Å². The molecule has 28 heavy (non-hydrogen) atoms. The number of hydrogen-bond donors (Lipinski definition) is 3. The van der Waals surface area contributed by atoms with Crippen LogP contribution in [-0.4, -0.2) is 22.1 Å². The maximum atomic E-state index is 12.2. The molecule has 0 spiro atoms. The van der Waals surface area contributed by atoms with E-state index in [1.165, 1.54) is 18.2 Å². The molecule has 0 aliphatic rings. The van der Waals surface area contributed by atoms with Crippen LogP contribution < -0.4 is 10.1 Å². The van der Waals surface area contributed by atoms with Crippen molar-refractivity contribution >= 4 is 11.9 Å². The first-order chi connectivity index (χ1) is 13.5. The van der Waals surface area contributed by atoms with Crippen molar-refractivity contribution in [3.8, 4) is 17.2 Å². The minimum Gasteiger partial charge on any atom is -0.508 e. The van der Waals surface area contributed by atoms with Crippen molar-refractivity contribution in [2.45, 2.75) is 13.0 Å². The molecule has 3 aromatic carbocycles. The standard InChI is InChI=1S/C22H19NO5/c24-17-7-11-19(12-8-17)28-18-9-5-15(6-10-18)13-21(25)23-14-16-3-1-2-4-20(16)22(26)27/h1-12,24H,13-14H2,(H,23,25)(H,26,27). The number of carboxylic acids is 1. The van der Waals surface area contributed by atoms with Crippen molar-refractivity contribution in [2.75, 3.05) is 0 Å². The number of carbonyl (C=O) groups is 2. The van der Waals surface area contributed by atoms with Crippen LogP contribution in [0.25, 0.3) is 0 Å². The van der Waals surface area contributed by atoms with Crippen LogP contribution >= 0.6 is 0 Å². The molecular weight excluding hydrogens is 358 g/mol. The van der Waals surface area contributed by atoms with Crippen molar-refractivity contribution in [1.82, 2.24) is 5.32 Å². The number of amides is 1. The molecule has 142 valence electrons. The quantitative estimate of drug-likeness (QED) is 0.583. The average Bonchev–Trinajstić information content (AvgIpc) is 2.70. The Kier molecular flexibility index (Phi) is 5.91. The van der Waals surface area contributed by atoms with E-state index in [0.717, 1.165) is 5.56 Å². The smallest absolute Gasteiger partial charge is 0.336 e. The van der Waals surface area contributed by atoms with Crippen LogP contribution in [0.1, 0.15) is 21.5 Å². The molecule has 0 atom stereocenters. The summed E-state index contributed by atoms with van der Waals surface area (Å²) in [5.41, 5.74) is 1.54. The van der Waals surface area contributed by atoms with Gasteiger partial charge in [0.2, 0.25) is 5.91 Å². The molecule has 0 aromatic heterocycles. The molecule has 1 amide bonds. The first kappa shape index (κ1) is 19.0. The Morgan fingerprint density at radius 1 is 0.857 bits per heavy atom. The molecule has 6 nitrogen and oxygen atoms in total. The molecule has 0 aliphatic heterocycles. The molecular formula is C22H19NO5. The topological polar surface area (TPSA) is 95.9 Å². The summed E-state index contributed by atoms with van der Waals surface area (Å²) < 4.78 is 5.67. The van der Waals surface area contributed by atoms with Crippen LogP contribution in [0.15, 0.2) is 72.8 Å². The van der Waals surface area contributed by atoms with E-state index in [0.29, 0.717) is 17.1 Å². The van der Waals surface area contributed by atoms with Crippen molar-refractivity contribution in [3.05, 3.63) is 89.5 Å². The molecule has 6 heteroatoms. The molecule has 0 radical (unpaired) electrons. The number of nitrogens with one attached hydrogen (secondary N) is 1. The highest BCUT2D eigenvalue weighted by atomic mass is 16.5. The van der Waals surface area contributed by atoms with E-state index in [2.05, 4.69) is 5.32 Å². The third-order valence-electron chi connectivity index (χ3n) is 4.08. The molecule has 0 unspecified atom stereocenters. The molecule has 3 rings (SSSR count). The second-order valence-electron chi connectivity index (χ2n) is 6.16. The third-order valence-corrected chi connectivity index (χ3v) is 4.08. The van der Waals surface area contributed by atoms with Gasteiger partial charge in [0.15, 0.2) is 0 Å². The summed E-state index contributed by atoms with van der Waals surface area (Å²) in [6.07, 6.45) is 0.175. The fourth-order valence-corrected chi connectivity index (χ4v) is 2.65. The van der Waals surface area contributed by atoms with Gasteiger partial charge in [-0.05, 0) is 53.6 Å². The third kappa shape index (κ3) is 5.11. The lowest BCUT2D eigenvalue weighted by Crippen LogP contribution is -2.25. The van der Waals surface area contributed by atoms with E-state index in [1.807, 2.05) is 0 Å². The Labute approximate surface area is 162 Å². The maximum Gasteiger partial charge on any atom is 0.336 e.